The quantitative estimate of drug-likeness (QED) is 0.859. The summed E-state index contributed by atoms with van der Waals surface area (Å²) in [7, 11) is -2.38. The monoisotopic (exact) mass is 317 g/mol. The fourth-order valence-electron chi connectivity index (χ4n) is 1.20. The summed E-state index contributed by atoms with van der Waals surface area (Å²) in [6, 6.07) is 6.45. The first kappa shape index (κ1) is 14.0. The summed E-state index contributed by atoms with van der Waals surface area (Å²) in [4.78, 5) is 0.0147. The van der Waals surface area contributed by atoms with Crippen LogP contribution in [0.3, 0.4) is 0 Å². The molecular weight excluding hydrogens is 306 g/mol. The molecule has 1 rings (SSSR count). The normalized spacial score (nSPS) is 11.9. The molecule has 92 valence electrons. The van der Waals surface area contributed by atoms with E-state index in [1.54, 1.807) is 18.2 Å². The smallest absolute Gasteiger partial charge is 0.200 e. The van der Waals surface area contributed by atoms with E-state index >= 15 is 0 Å². The number of benzene rings is 1. The van der Waals surface area contributed by atoms with Crippen molar-refractivity contribution in [1.29, 1.82) is 5.26 Å². The zero-order chi connectivity index (χ0) is 13.3. The van der Waals surface area contributed by atoms with E-state index in [2.05, 4.69) is 15.9 Å². The van der Waals surface area contributed by atoms with E-state index in [1.165, 1.54) is 27.0 Å². The van der Waals surface area contributed by atoms with E-state index in [0.29, 0.717) is 4.47 Å². The van der Waals surface area contributed by atoms with Gasteiger partial charge in [-0.1, -0.05) is 15.9 Å². The Bertz CT molecular complexity index is 573. The van der Waals surface area contributed by atoms with E-state index in [9.17, 15) is 8.42 Å². The minimum absolute atomic E-state index is 0.0147. The minimum Gasteiger partial charge on any atom is -0.495 e. The maximum atomic E-state index is 12.3. The zero-order valence-corrected chi connectivity index (χ0v) is 12.1. The molecule has 4 nitrogen and oxygen atoms in total. The highest BCUT2D eigenvalue weighted by Crippen LogP contribution is 2.33. The Labute approximate surface area is 109 Å². The van der Waals surface area contributed by atoms with Crippen LogP contribution in [0.4, 0.5) is 0 Å². The van der Waals surface area contributed by atoms with Gasteiger partial charge in [0.05, 0.1) is 13.2 Å². The maximum Gasteiger partial charge on any atom is 0.200 e. The molecule has 0 atom stereocenters. The van der Waals surface area contributed by atoms with E-state index in [0.717, 1.165) is 0 Å². The molecule has 0 spiro atoms. The Balaban J connectivity index is 3.55. The van der Waals surface area contributed by atoms with Gasteiger partial charge in [-0.15, -0.1) is 0 Å². The summed E-state index contributed by atoms with van der Waals surface area (Å²) in [6.45, 7) is 2.73. The molecule has 0 saturated carbocycles. The van der Waals surface area contributed by atoms with Crippen LogP contribution < -0.4 is 4.74 Å². The summed E-state index contributed by atoms with van der Waals surface area (Å²) >= 11 is 3.20. The second-order valence-electron chi connectivity index (χ2n) is 3.92. The minimum atomic E-state index is -3.77. The lowest BCUT2D eigenvalue weighted by Gasteiger charge is -2.18. The first-order valence-electron chi connectivity index (χ1n) is 4.75. The first-order valence-corrected chi connectivity index (χ1v) is 7.03. The molecule has 17 heavy (non-hydrogen) atoms. The molecule has 0 bridgehead atoms. The summed E-state index contributed by atoms with van der Waals surface area (Å²) < 4.78 is 28.7. The van der Waals surface area contributed by atoms with Crippen molar-refractivity contribution in [3.05, 3.63) is 22.7 Å². The predicted octanol–water partition coefficient (Wildman–Crippen LogP) is 2.53. The van der Waals surface area contributed by atoms with Crippen LogP contribution in [0.5, 0.6) is 5.75 Å². The largest absolute Gasteiger partial charge is 0.495 e. The molecular formula is C11H12BrNO3S. The molecule has 0 aromatic heterocycles. The first-order chi connectivity index (χ1) is 7.76. The van der Waals surface area contributed by atoms with Crippen LogP contribution in [-0.2, 0) is 9.84 Å². The average Bonchev–Trinajstić information content (AvgIpc) is 2.28. The Morgan fingerprint density at radius 1 is 1.41 bits per heavy atom. The highest BCUT2D eigenvalue weighted by molar-refractivity contribution is 9.10. The topological polar surface area (TPSA) is 67.2 Å². The van der Waals surface area contributed by atoms with Crippen molar-refractivity contribution in [1.82, 2.24) is 0 Å². The van der Waals surface area contributed by atoms with E-state index in [-0.39, 0.29) is 10.6 Å². The molecule has 0 radical (unpaired) electrons. The Morgan fingerprint density at radius 2 is 2.00 bits per heavy atom. The predicted molar refractivity (Wildman–Crippen MR) is 67.6 cm³/mol. The number of hydrogen-bond acceptors (Lipinski definition) is 4. The highest BCUT2D eigenvalue weighted by atomic mass is 79.9. The molecule has 0 saturated heterocycles. The van der Waals surface area contributed by atoms with Gasteiger partial charge in [-0.3, -0.25) is 0 Å². The van der Waals surface area contributed by atoms with Crippen molar-refractivity contribution in [2.75, 3.05) is 7.11 Å². The number of rotatable bonds is 3. The summed E-state index contributed by atoms with van der Waals surface area (Å²) in [6.07, 6.45) is 0. The Hall–Kier alpha value is -1.06. The summed E-state index contributed by atoms with van der Waals surface area (Å²) in [5.41, 5.74) is 0. The van der Waals surface area contributed by atoms with Gasteiger partial charge >= 0.3 is 0 Å². The van der Waals surface area contributed by atoms with Crippen molar-refractivity contribution >= 4 is 25.8 Å². The van der Waals surface area contributed by atoms with Gasteiger partial charge in [-0.25, -0.2) is 8.42 Å². The number of nitrogens with zero attached hydrogens (tertiary/aromatic N) is 1. The third-order valence-electron chi connectivity index (χ3n) is 2.36. The van der Waals surface area contributed by atoms with E-state index in [4.69, 9.17) is 10.00 Å². The molecule has 0 aliphatic heterocycles. The average molecular weight is 318 g/mol. The Morgan fingerprint density at radius 3 is 2.47 bits per heavy atom. The number of nitriles is 1. The van der Waals surface area contributed by atoms with Gasteiger partial charge in [-0.2, -0.15) is 5.26 Å². The summed E-state index contributed by atoms with van der Waals surface area (Å²) in [5.74, 6) is 0.233. The molecule has 6 heteroatoms. The lowest BCUT2D eigenvalue weighted by atomic mass is 10.2. The van der Waals surface area contributed by atoms with Crippen LogP contribution in [-0.4, -0.2) is 20.3 Å². The lowest BCUT2D eigenvalue weighted by molar-refractivity contribution is 0.402. The van der Waals surface area contributed by atoms with Gasteiger partial charge in [0.25, 0.3) is 0 Å². The van der Waals surface area contributed by atoms with Crippen molar-refractivity contribution < 1.29 is 13.2 Å². The van der Waals surface area contributed by atoms with Crippen molar-refractivity contribution in [2.24, 2.45) is 0 Å². The van der Waals surface area contributed by atoms with E-state index < -0.39 is 14.6 Å². The second kappa shape index (κ2) is 4.67. The molecule has 0 fully saturated rings. The SMILES string of the molecule is COc1ccc(Br)cc1S(=O)(=O)C(C)(C)C#N. The molecule has 0 amide bonds. The molecule has 0 aliphatic carbocycles. The molecule has 0 unspecified atom stereocenters. The molecule has 0 heterocycles. The van der Waals surface area contributed by atoms with Gasteiger partial charge in [0.1, 0.15) is 10.6 Å². The fourth-order valence-corrected chi connectivity index (χ4v) is 3.08. The van der Waals surface area contributed by atoms with Gasteiger partial charge in [0.2, 0.25) is 9.84 Å². The molecule has 1 aromatic rings. The Kier molecular flexibility index (Phi) is 3.84. The van der Waals surface area contributed by atoms with Crippen molar-refractivity contribution in [2.45, 2.75) is 23.5 Å². The molecule has 0 aliphatic rings. The number of methoxy groups -OCH3 is 1. The van der Waals surface area contributed by atoms with Crippen LogP contribution in [0.25, 0.3) is 0 Å². The number of ether oxygens (including phenoxy) is 1. The second-order valence-corrected chi connectivity index (χ2v) is 7.30. The number of sulfone groups is 1. The third-order valence-corrected chi connectivity index (χ3v) is 5.18. The van der Waals surface area contributed by atoms with Gasteiger partial charge in [0.15, 0.2) is 4.75 Å². The number of halogens is 1. The van der Waals surface area contributed by atoms with Crippen molar-refractivity contribution in [3.8, 4) is 11.8 Å². The summed E-state index contributed by atoms with van der Waals surface area (Å²) in [5, 5.41) is 8.94. The fraction of sp³-hybridized carbons (Fsp3) is 0.364. The van der Waals surface area contributed by atoms with Crippen LogP contribution in [0.2, 0.25) is 0 Å². The van der Waals surface area contributed by atoms with Gasteiger partial charge in [0, 0.05) is 4.47 Å². The standard InChI is InChI=1S/C11H12BrNO3S/c1-11(2,7-13)17(14,15)10-6-8(12)4-5-9(10)16-3/h4-6H,1-3H3. The highest BCUT2D eigenvalue weighted by Gasteiger charge is 2.38. The van der Waals surface area contributed by atoms with Crippen LogP contribution in [0.15, 0.2) is 27.6 Å². The van der Waals surface area contributed by atoms with E-state index in [1.807, 2.05) is 0 Å². The van der Waals surface area contributed by atoms with Crippen LogP contribution >= 0.6 is 15.9 Å². The molecule has 1 aromatic carbocycles. The lowest BCUT2D eigenvalue weighted by Crippen LogP contribution is -2.30. The third kappa shape index (κ3) is 2.45. The molecule has 0 N–H and O–H groups in total. The van der Waals surface area contributed by atoms with Gasteiger partial charge < -0.3 is 4.74 Å². The van der Waals surface area contributed by atoms with Gasteiger partial charge in [-0.05, 0) is 32.0 Å². The van der Waals surface area contributed by atoms with Crippen molar-refractivity contribution in [3.63, 3.8) is 0 Å². The number of hydrogen-bond donors (Lipinski definition) is 0. The zero-order valence-electron chi connectivity index (χ0n) is 9.69. The maximum absolute atomic E-state index is 12.3. The van der Waals surface area contributed by atoms with Crippen LogP contribution in [0, 0.1) is 11.3 Å². The van der Waals surface area contributed by atoms with Crippen LogP contribution in [0.1, 0.15) is 13.8 Å².